The minimum atomic E-state index is -0.404. The molecule has 2 N–H and O–H groups in total. The molecule has 30 heavy (non-hydrogen) atoms. The molecule has 0 saturated carbocycles. The molecule has 0 aliphatic rings. The Morgan fingerprint density at radius 2 is 1.17 bits per heavy atom. The van der Waals surface area contributed by atoms with Crippen molar-refractivity contribution in [3.8, 4) is 0 Å². The fourth-order valence-electron chi connectivity index (χ4n) is 2.37. The molecular formula is C22H16Cl2N4O2. The van der Waals surface area contributed by atoms with Crippen LogP contribution in [0.2, 0.25) is 10.0 Å². The molecule has 0 aliphatic heterocycles. The van der Waals surface area contributed by atoms with Crippen molar-refractivity contribution in [1.29, 1.82) is 0 Å². The second-order valence-corrected chi connectivity index (χ2v) is 6.89. The monoisotopic (exact) mass is 438 g/mol. The summed E-state index contributed by atoms with van der Waals surface area (Å²) in [5, 5.41) is 9.16. The molecule has 0 radical (unpaired) electrons. The molecule has 0 aliphatic carbocycles. The number of rotatable bonds is 6. The van der Waals surface area contributed by atoms with Crippen LogP contribution in [0.5, 0.6) is 0 Å². The minimum absolute atomic E-state index is 0.356. The van der Waals surface area contributed by atoms with Gasteiger partial charge < -0.3 is 0 Å². The Kier molecular flexibility index (Phi) is 7.32. The largest absolute Gasteiger partial charge is 0.271 e. The van der Waals surface area contributed by atoms with Gasteiger partial charge >= 0.3 is 0 Å². The summed E-state index contributed by atoms with van der Waals surface area (Å²) < 4.78 is 0. The molecule has 0 fully saturated rings. The van der Waals surface area contributed by atoms with Crippen LogP contribution in [0.1, 0.15) is 26.3 Å². The van der Waals surface area contributed by atoms with Crippen LogP contribution in [0.4, 0.5) is 0 Å². The van der Waals surface area contributed by atoms with Crippen molar-refractivity contribution >= 4 is 46.9 Å². The van der Waals surface area contributed by atoms with E-state index in [-0.39, 0.29) is 0 Å². The van der Waals surface area contributed by atoms with Crippen molar-refractivity contribution < 1.29 is 9.59 Å². The van der Waals surface area contributed by atoms with Crippen LogP contribution in [-0.4, -0.2) is 23.7 Å². The third kappa shape index (κ3) is 6.01. The van der Waals surface area contributed by atoms with E-state index in [1.54, 1.807) is 60.7 Å². The van der Waals surface area contributed by atoms with Gasteiger partial charge in [0.25, 0.3) is 11.8 Å². The molecule has 0 spiro atoms. The first kappa shape index (κ1) is 21.2. The van der Waals surface area contributed by atoms with E-state index < -0.39 is 11.8 Å². The van der Waals surface area contributed by atoms with E-state index in [0.29, 0.717) is 32.4 Å². The average Bonchev–Trinajstić information content (AvgIpc) is 2.77. The Labute approximate surface area is 183 Å². The number of carbonyl (C=O) groups excluding carboxylic acids is 2. The van der Waals surface area contributed by atoms with Crippen LogP contribution in [0.15, 0.2) is 89.1 Å². The molecule has 3 aromatic carbocycles. The zero-order valence-corrected chi connectivity index (χ0v) is 17.1. The molecule has 0 unspecified atom stereocenters. The Hall–Kier alpha value is -3.48. The fraction of sp³-hybridized carbons (Fsp3) is 0. The second-order valence-electron chi connectivity index (χ2n) is 6.02. The highest BCUT2D eigenvalue weighted by Crippen LogP contribution is 2.10. The number of nitrogens with zero attached hydrogens (tertiary/aromatic N) is 2. The van der Waals surface area contributed by atoms with E-state index in [9.17, 15) is 9.59 Å². The molecule has 8 heteroatoms. The fourth-order valence-corrected chi connectivity index (χ4v) is 2.62. The normalized spacial score (nSPS) is 11.3. The van der Waals surface area contributed by atoms with E-state index in [0.717, 1.165) is 0 Å². The molecule has 0 saturated heterocycles. The Morgan fingerprint density at radius 1 is 0.667 bits per heavy atom. The van der Waals surface area contributed by atoms with Gasteiger partial charge in [0.1, 0.15) is 5.71 Å². The summed E-state index contributed by atoms with van der Waals surface area (Å²) in [4.78, 5) is 24.5. The first-order chi connectivity index (χ1) is 14.5. The molecule has 3 rings (SSSR count). The molecule has 0 aromatic heterocycles. The number of hydrazone groups is 2. The van der Waals surface area contributed by atoms with Crippen LogP contribution < -0.4 is 10.9 Å². The lowest BCUT2D eigenvalue weighted by Gasteiger charge is -2.04. The lowest BCUT2D eigenvalue weighted by atomic mass is 10.1. The predicted molar refractivity (Wildman–Crippen MR) is 119 cm³/mol. The number of hydrogen-bond donors (Lipinski definition) is 2. The van der Waals surface area contributed by atoms with Crippen LogP contribution >= 0.6 is 23.2 Å². The van der Waals surface area contributed by atoms with E-state index in [1.807, 2.05) is 18.2 Å². The van der Waals surface area contributed by atoms with Crippen molar-refractivity contribution in [3.63, 3.8) is 0 Å². The number of nitrogens with one attached hydrogen (secondary N) is 2. The van der Waals surface area contributed by atoms with E-state index in [2.05, 4.69) is 21.1 Å². The van der Waals surface area contributed by atoms with Crippen LogP contribution in [0, 0.1) is 0 Å². The number of benzene rings is 3. The summed E-state index contributed by atoms with van der Waals surface area (Å²) in [6.45, 7) is 0. The highest BCUT2D eigenvalue weighted by molar-refractivity contribution is 6.38. The molecule has 0 bridgehead atoms. The molecule has 2 amide bonds. The van der Waals surface area contributed by atoms with Gasteiger partial charge in [-0.1, -0.05) is 53.5 Å². The highest BCUT2D eigenvalue weighted by atomic mass is 35.5. The Bertz CT molecular complexity index is 1080. The first-order valence-electron chi connectivity index (χ1n) is 8.81. The predicted octanol–water partition coefficient (Wildman–Crippen LogP) is 4.54. The van der Waals surface area contributed by atoms with Gasteiger partial charge in [-0.25, -0.2) is 10.9 Å². The number of halogens is 2. The maximum Gasteiger partial charge on any atom is 0.271 e. The molecule has 150 valence electrons. The van der Waals surface area contributed by atoms with Gasteiger partial charge in [0.15, 0.2) is 0 Å². The van der Waals surface area contributed by atoms with Crippen LogP contribution in [0.25, 0.3) is 0 Å². The van der Waals surface area contributed by atoms with Gasteiger partial charge in [-0.3, -0.25) is 9.59 Å². The van der Waals surface area contributed by atoms with E-state index in [1.165, 1.54) is 6.21 Å². The van der Waals surface area contributed by atoms with Gasteiger partial charge in [0.2, 0.25) is 0 Å². The quantitative estimate of drug-likeness (QED) is 0.437. The number of hydrogen-bond acceptors (Lipinski definition) is 4. The lowest BCUT2D eigenvalue weighted by Crippen LogP contribution is -2.22. The van der Waals surface area contributed by atoms with Crippen LogP contribution in [-0.2, 0) is 0 Å². The highest BCUT2D eigenvalue weighted by Gasteiger charge is 2.07. The number of amides is 2. The Morgan fingerprint density at radius 3 is 1.70 bits per heavy atom. The average molecular weight is 439 g/mol. The van der Waals surface area contributed by atoms with Gasteiger partial charge in [-0.15, -0.1) is 0 Å². The Balaban J connectivity index is 1.73. The van der Waals surface area contributed by atoms with Crippen molar-refractivity contribution in [2.45, 2.75) is 0 Å². The maximum atomic E-state index is 12.3. The molecule has 0 heterocycles. The van der Waals surface area contributed by atoms with E-state index in [4.69, 9.17) is 23.2 Å². The summed E-state index contributed by atoms with van der Waals surface area (Å²) >= 11 is 11.7. The van der Waals surface area contributed by atoms with E-state index >= 15 is 0 Å². The summed E-state index contributed by atoms with van der Waals surface area (Å²) in [5.74, 6) is -0.806. The first-order valence-corrected chi connectivity index (χ1v) is 9.56. The van der Waals surface area contributed by atoms with Gasteiger partial charge in [-0.05, 0) is 48.5 Å². The van der Waals surface area contributed by atoms with Crippen molar-refractivity contribution in [1.82, 2.24) is 10.9 Å². The standard InChI is InChI=1S/C22H16Cl2N4O2/c23-18-10-6-16(7-11-18)21(29)27-25-14-20(15-4-2-1-3-5-15)26-28-22(30)17-8-12-19(24)13-9-17/h1-14H,(H,27,29)(H,28,30)/b25-14-,26-20-. The van der Waals surface area contributed by atoms with Gasteiger partial charge in [0.05, 0.1) is 6.21 Å². The van der Waals surface area contributed by atoms with Crippen molar-refractivity contribution in [2.24, 2.45) is 10.2 Å². The molecular weight excluding hydrogens is 423 g/mol. The molecule has 0 atom stereocenters. The third-order valence-corrected chi connectivity index (χ3v) is 4.42. The molecule has 3 aromatic rings. The van der Waals surface area contributed by atoms with Crippen molar-refractivity contribution in [3.05, 3.63) is 106 Å². The maximum absolute atomic E-state index is 12.3. The SMILES string of the molecule is O=C(N/N=C\C(=N\NC(=O)c1ccc(Cl)cc1)c1ccccc1)c1ccc(Cl)cc1. The number of carbonyl (C=O) groups is 2. The zero-order valence-electron chi connectivity index (χ0n) is 15.5. The minimum Gasteiger partial charge on any atom is -0.267 e. The summed E-state index contributed by atoms with van der Waals surface area (Å²) in [5.41, 5.74) is 6.78. The van der Waals surface area contributed by atoms with Crippen molar-refractivity contribution in [2.75, 3.05) is 0 Å². The summed E-state index contributed by atoms with van der Waals surface area (Å²) in [7, 11) is 0. The molecule has 6 nitrogen and oxygen atoms in total. The second kappa shape index (κ2) is 10.3. The topological polar surface area (TPSA) is 82.9 Å². The van der Waals surface area contributed by atoms with Gasteiger partial charge in [-0.2, -0.15) is 10.2 Å². The smallest absolute Gasteiger partial charge is 0.267 e. The summed E-state index contributed by atoms with van der Waals surface area (Å²) in [6, 6.07) is 21.9. The van der Waals surface area contributed by atoms with Gasteiger partial charge in [0, 0.05) is 26.7 Å². The lowest BCUT2D eigenvalue weighted by molar-refractivity contribution is 0.0946. The third-order valence-electron chi connectivity index (χ3n) is 3.91. The summed E-state index contributed by atoms with van der Waals surface area (Å²) in [6.07, 6.45) is 1.35. The zero-order chi connectivity index (χ0) is 21.3. The van der Waals surface area contributed by atoms with Crippen LogP contribution in [0.3, 0.4) is 0 Å².